The van der Waals surface area contributed by atoms with Crippen molar-refractivity contribution in [2.45, 2.75) is 33.1 Å². The largest absolute Gasteiger partial charge is 0.495 e. The molecule has 0 bridgehead atoms. The summed E-state index contributed by atoms with van der Waals surface area (Å²) < 4.78 is 5.22. The molecule has 96 valence electrons. The summed E-state index contributed by atoms with van der Waals surface area (Å²) in [5.41, 5.74) is 8.20. The summed E-state index contributed by atoms with van der Waals surface area (Å²) >= 11 is 6.19. The molecule has 1 aromatic rings. The van der Waals surface area contributed by atoms with Gasteiger partial charge in [0, 0.05) is 0 Å². The van der Waals surface area contributed by atoms with Gasteiger partial charge in [0.05, 0.1) is 12.1 Å². The Labute approximate surface area is 109 Å². The molecule has 3 heteroatoms. The van der Waals surface area contributed by atoms with Gasteiger partial charge in [-0.3, -0.25) is 0 Å². The minimum absolute atomic E-state index is 0.461. The number of halogens is 1. The van der Waals surface area contributed by atoms with Gasteiger partial charge < -0.3 is 10.5 Å². The molecule has 0 aliphatic rings. The normalized spacial score (nSPS) is 12.9. The third-order valence-electron chi connectivity index (χ3n) is 3.22. The van der Waals surface area contributed by atoms with Gasteiger partial charge in [0.15, 0.2) is 0 Å². The average molecular weight is 256 g/mol. The molecule has 0 amide bonds. The maximum absolute atomic E-state index is 6.19. The topological polar surface area (TPSA) is 35.2 Å². The minimum atomic E-state index is 0.461. The molecule has 2 N–H and O–H groups in total. The second kappa shape index (κ2) is 6.27. The molecule has 0 saturated heterocycles. The Balaban J connectivity index is 3.15. The lowest BCUT2D eigenvalue weighted by Crippen LogP contribution is -2.14. The van der Waals surface area contributed by atoms with Crippen LogP contribution in [0.2, 0.25) is 5.02 Å². The van der Waals surface area contributed by atoms with Gasteiger partial charge in [-0.25, -0.2) is 0 Å². The van der Waals surface area contributed by atoms with Gasteiger partial charge in [0.25, 0.3) is 0 Å². The van der Waals surface area contributed by atoms with Crippen LogP contribution in [0.15, 0.2) is 12.1 Å². The smallest absolute Gasteiger partial charge is 0.137 e. The number of methoxy groups -OCH3 is 1. The second-order valence-corrected chi connectivity index (χ2v) is 5.18. The molecule has 2 nitrogen and oxygen atoms in total. The van der Waals surface area contributed by atoms with Crippen LogP contribution in [0.3, 0.4) is 0 Å². The van der Waals surface area contributed by atoms with E-state index >= 15 is 0 Å². The average Bonchev–Trinajstić information content (AvgIpc) is 2.28. The first kappa shape index (κ1) is 14.3. The molecule has 0 fully saturated rings. The van der Waals surface area contributed by atoms with Crippen LogP contribution in [0, 0.1) is 12.8 Å². The van der Waals surface area contributed by atoms with Crippen molar-refractivity contribution < 1.29 is 4.74 Å². The molecule has 0 aliphatic carbocycles. The van der Waals surface area contributed by atoms with E-state index in [1.807, 2.05) is 12.1 Å². The number of hydrogen-bond donors (Lipinski definition) is 1. The lowest BCUT2D eigenvalue weighted by Gasteiger charge is -2.23. The Bertz CT molecular complexity index is 377. The predicted octanol–water partition coefficient (Wildman–Crippen LogP) is 3.75. The van der Waals surface area contributed by atoms with Gasteiger partial charge in [0.2, 0.25) is 0 Å². The van der Waals surface area contributed by atoms with Gasteiger partial charge in [-0.15, -0.1) is 0 Å². The fourth-order valence-corrected chi connectivity index (χ4v) is 2.50. The molecule has 0 radical (unpaired) electrons. The molecular weight excluding hydrogens is 234 g/mol. The van der Waals surface area contributed by atoms with E-state index in [4.69, 9.17) is 22.1 Å². The highest BCUT2D eigenvalue weighted by atomic mass is 35.5. The zero-order valence-corrected chi connectivity index (χ0v) is 11.8. The molecule has 1 unspecified atom stereocenters. The van der Waals surface area contributed by atoms with Crippen LogP contribution < -0.4 is 10.5 Å². The zero-order chi connectivity index (χ0) is 13.0. The van der Waals surface area contributed by atoms with E-state index in [0.717, 1.165) is 12.2 Å². The van der Waals surface area contributed by atoms with Gasteiger partial charge in [-0.2, -0.15) is 0 Å². The van der Waals surface area contributed by atoms with E-state index in [-0.39, 0.29) is 0 Å². The first-order chi connectivity index (χ1) is 8.01. The van der Waals surface area contributed by atoms with Crippen molar-refractivity contribution in [1.82, 2.24) is 0 Å². The SMILES string of the molecule is COc1cc(C)c(C(CCN)C(C)C)cc1Cl. The maximum atomic E-state index is 6.19. The summed E-state index contributed by atoms with van der Waals surface area (Å²) in [6, 6.07) is 4.03. The first-order valence-corrected chi connectivity index (χ1v) is 6.43. The standard InChI is InChI=1S/C14H22ClNO/c1-9(2)11(5-6-16)12-8-13(15)14(17-4)7-10(12)3/h7-9,11H,5-6,16H2,1-4H3. The van der Waals surface area contributed by atoms with Crippen LogP contribution >= 0.6 is 11.6 Å². The highest BCUT2D eigenvalue weighted by molar-refractivity contribution is 6.32. The van der Waals surface area contributed by atoms with Crippen molar-refractivity contribution >= 4 is 11.6 Å². The van der Waals surface area contributed by atoms with Crippen molar-refractivity contribution in [1.29, 1.82) is 0 Å². The summed E-state index contributed by atoms with van der Waals surface area (Å²) in [6.45, 7) is 7.24. The summed E-state index contributed by atoms with van der Waals surface area (Å²) in [5, 5.41) is 0.677. The van der Waals surface area contributed by atoms with Crippen molar-refractivity contribution in [3.05, 3.63) is 28.3 Å². The van der Waals surface area contributed by atoms with Crippen LogP contribution in [-0.2, 0) is 0 Å². The molecule has 0 saturated carbocycles. The Kier molecular flexibility index (Phi) is 5.29. The van der Waals surface area contributed by atoms with E-state index in [2.05, 4.69) is 20.8 Å². The lowest BCUT2D eigenvalue weighted by molar-refractivity contribution is 0.413. The second-order valence-electron chi connectivity index (χ2n) is 4.77. The van der Waals surface area contributed by atoms with Gasteiger partial charge in [-0.05, 0) is 55.0 Å². The fourth-order valence-electron chi connectivity index (χ4n) is 2.25. The number of aryl methyl sites for hydroxylation is 1. The van der Waals surface area contributed by atoms with Crippen LogP contribution in [0.25, 0.3) is 0 Å². The maximum Gasteiger partial charge on any atom is 0.137 e. The minimum Gasteiger partial charge on any atom is -0.495 e. The fraction of sp³-hybridized carbons (Fsp3) is 0.571. The molecule has 0 aliphatic heterocycles. The Morgan fingerprint density at radius 2 is 2.00 bits per heavy atom. The molecule has 17 heavy (non-hydrogen) atoms. The summed E-state index contributed by atoms with van der Waals surface area (Å²) in [7, 11) is 1.64. The number of nitrogens with two attached hydrogens (primary N) is 1. The van der Waals surface area contributed by atoms with Gasteiger partial charge >= 0.3 is 0 Å². The van der Waals surface area contributed by atoms with E-state index in [9.17, 15) is 0 Å². The van der Waals surface area contributed by atoms with Crippen LogP contribution in [-0.4, -0.2) is 13.7 Å². The third kappa shape index (κ3) is 3.36. The monoisotopic (exact) mass is 255 g/mol. The van der Waals surface area contributed by atoms with E-state index in [1.54, 1.807) is 7.11 Å². The van der Waals surface area contributed by atoms with Crippen molar-refractivity contribution in [2.75, 3.05) is 13.7 Å². The number of ether oxygens (including phenoxy) is 1. The van der Waals surface area contributed by atoms with Gasteiger partial charge in [-0.1, -0.05) is 25.4 Å². The predicted molar refractivity (Wildman–Crippen MR) is 74.0 cm³/mol. The number of rotatable bonds is 5. The van der Waals surface area contributed by atoms with Crippen LogP contribution in [0.4, 0.5) is 0 Å². The molecule has 0 heterocycles. The molecule has 1 rings (SSSR count). The Morgan fingerprint density at radius 3 is 2.47 bits per heavy atom. The van der Waals surface area contributed by atoms with E-state index in [0.29, 0.717) is 23.4 Å². The van der Waals surface area contributed by atoms with Crippen molar-refractivity contribution in [3.63, 3.8) is 0 Å². The molecule has 0 aromatic heterocycles. The molecule has 1 atom stereocenters. The summed E-state index contributed by atoms with van der Waals surface area (Å²) in [4.78, 5) is 0. The quantitative estimate of drug-likeness (QED) is 0.870. The Morgan fingerprint density at radius 1 is 1.35 bits per heavy atom. The Hall–Kier alpha value is -0.730. The van der Waals surface area contributed by atoms with Crippen molar-refractivity contribution in [3.8, 4) is 5.75 Å². The van der Waals surface area contributed by atoms with Crippen LogP contribution in [0.5, 0.6) is 5.75 Å². The van der Waals surface area contributed by atoms with Crippen LogP contribution in [0.1, 0.15) is 37.3 Å². The molecule has 1 aromatic carbocycles. The first-order valence-electron chi connectivity index (χ1n) is 6.05. The van der Waals surface area contributed by atoms with Crippen molar-refractivity contribution in [2.24, 2.45) is 11.7 Å². The zero-order valence-electron chi connectivity index (χ0n) is 11.1. The number of hydrogen-bond acceptors (Lipinski definition) is 2. The summed E-state index contributed by atoms with van der Waals surface area (Å²) in [5.74, 6) is 1.76. The highest BCUT2D eigenvalue weighted by Crippen LogP contribution is 2.35. The van der Waals surface area contributed by atoms with E-state index < -0.39 is 0 Å². The lowest BCUT2D eigenvalue weighted by atomic mass is 9.83. The molecule has 0 spiro atoms. The molecular formula is C14H22ClNO. The highest BCUT2D eigenvalue weighted by Gasteiger charge is 2.18. The number of benzene rings is 1. The summed E-state index contributed by atoms with van der Waals surface area (Å²) in [6.07, 6.45) is 0.987. The van der Waals surface area contributed by atoms with E-state index in [1.165, 1.54) is 11.1 Å². The third-order valence-corrected chi connectivity index (χ3v) is 3.52. The van der Waals surface area contributed by atoms with Gasteiger partial charge in [0.1, 0.15) is 5.75 Å².